The molecule has 1 N–H and O–H groups in total. The zero-order chi connectivity index (χ0) is 15.6. The highest BCUT2D eigenvalue weighted by Gasteiger charge is 2.47. The van der Waals surface area contributed by atoms with Gasteiger partial charge in [-0.15, -0.1) is 0 Å². The number of hydrogen-bond acceptors (Lipinski definition) is 6. The largest absolute Gasteiger partial charge is 0.442 e. The van der Waals surface area contributed by atoms with Crippen molar-refractivity contribution in [2.75, 3.05) is 25.1 Å². The van der Waals surface area contributed by atoms with Crippen LogP contribution in [0.2, 0.25) is 0 Å². The molecule has 1 aromatic rings. The highest BCUT2D eigenvalue weighted by atomic mass is 32.2. The van der Waals surface area contributed by atoms with Crippen molar-refractivity contribution >= 4 is 23.5 Å². The minimum atomic E-state index is -0.564. The Balaban J connectivity index is 1.60. The summed E-state index contributed by atoms with van der Waals surface area (Å²) in [5, 5.41) is 4.27. The lowest BCUT2D eigenvalue weighted by atomic mass is 10.3. The van der Waals surface area contributed by atoms with Crippen LogP contribution in [-0.4, -0.2) is 46.8 Å². The van der Waals surface area contributed by atoms with Crippen molar-refractivity contribution < 1.29 is 14.3 Å². The summed E-state index contributed by atoms with van der Waals surface area (Å²) in [5.41, 5.74) is 0.949. The maximum Gasteiger partial charge on any atom is 0.412 e. The van der Waals surface area contributed by atoms with Gasteiger partial charge in [0.05, 0.1) is 18.8 Å². The Hall–Kier alpha value is -1.47. The summed E-state index contributed by atoms with van der Waals surface area (Å²) in [4.78, 5) is 17.7. The molecule has 1 saturated heterocycles. The maximum atomic E-state index is 12.2. The van der Waals surface area contributed by atoms with Gasteiger partial charge in [-0.25, -0.2) is 9.78 Å². The smallest absolute Gasteiger partial charge is 0.412 e. The number of carbonyl (C=O) groups excluding carboxylic acids is 1. The summed E-state index contributed by atoms with van der Waals surface area (Å²) in [7, 11) is 0. The SMILES string of the molecule is CCCCOC[C@H]1CN(C2(C)Nc3cccnc3S2)C(=O)O1. The number of ether oxygens (including phenoxy) is 2. The van der Waals surface area contributed by atoms with Crippen LogP contribution in [0.1, 0.15) is 26.7 Å². The molecule has 1 unspecified atom stereocenters. The van der Waals surface area contributed by atoms with Crippen LogP contribution in [0.5, 0.6) is 0 Å². The number of aromatic nitrogens is 1. The van der Waals surface area contributed by atoms with Crippen molar-refractivity contribution in [2.45, 2.75) is 42.8 Å². The van der Waals surface area contributed by atoms with Crippen LogP contribution in [0.15, 0.2) is 23.4 Å². The molecule has 1 fully saturated rings. The summed E-state index contributed by atoms with van der Waals surface area (Å²) in [6.45, 7) is 5.78. The molecule has 1 aromatic heterocycles. The van der Waals surface area contributed by atoms with Crippen LogP contribution in [0, 0.1) is 0 Å². The molecule has 2 aliphatic rings. The van der Waals surface area contributed by atoms with E-state index in [0.717, 1.165) is 23.6 Å². The number of thioether (sulfide) groups is 1. The Morgan fingerprint density at radius 2 is 2.50 bits per heavy atom. The number of pyridine rings is 1. The Bertz CT molecular complexity index is 530. The van der Waals surface area contributed by atoms with Gasteiger partial charge in [0, 0.05) is 12.8 Å². The molecule has 0 aromatic carbocycles. The van der Waals surface area contributed by atoms with Crippen LogP contribution in [-0.2, 0) is 9.47 Å². The molecule has 2 atom stereocenters. The Morgan fingerprint density at radius 3 is 3.27 bits per heavy atom. The first kappa shape index (κ1) is 15.4. The highest BCUT2D eigenvalue weighted by Crippen LogP contribution is 2.46. The van der Waals surface area contributed by atoms with Crippen LogP contribution in [0.25, 0.3) is 0 Å². The molecule has 1 amide bonds. The fourth-order valence-electron chi connectivity index (χ4n) is 2.57. The van der Waals surface area contributed by atoms with Gasteiger partial charge in [-0.1, -0.05) is 25.1 Å². The molecule has 22 heavy (non-hydrogen) atoms. The number of nitrogens with zero attached hydrogens (tertiary/aromatic N) is 2. The first-order chi connectivity index (χ1) is 10.6. The molecular weight excluding hydrogens is 302 g/mol. The minimum absolute atomic E-state index is 0.208. The fraction of sp³-hybridized carbons (Fsp3) is 0.600. The van der Waals surface area contributed by atoms with E-state index in [1.165, 1.54) is 11.8 Å². The first-order valence-corrected chi connectivity index (χ1v) is 8.42. The van der Waals surface area contributed by atoms with Gasteiger partial charge >= 0.3 is 6.09 Å². The second kappa shape index (κ2) is 6.34. The van der Waals surface area contributed by atoms with Crippen molar-refractivity contribution in [2.24, 2.45) is 0 Å². The van der Waals surface area contributed by atoms with E-state index in [9.17, 15) is 4.79 Å². The Morgan fingerprint density at radius 1 is 1.64 bits per heavy atom. The Kier molecular flexibility index (Phi) is 4.44. The van der Waals surface area contributed by atoms with E-state index in [4.69, 9.17) is 9.47 Å². The summed E-state index contributed by atoms with van der Waals surface area (Å²) in [6, 6.07) is 3.85. The molecule has 0 saturated carbocycles. The molecule has 2 aliphatic heterocycles. The summed E-state index contributed by atoms with van der Waals surface area (Å²) < 4.78 is 11.0. The van der Waals surface area contributed by atoms with Gasteiger partial charge in [0.15, 0.2) is 4.99 Å². The van der Waals surface area contributed by atoms with Gasteiger partial charge in [0.2, 0.25) is 0 Å². The number of hydrogen-bond donors (Lipinski definition) is 1. The van der Waals surface area contributed by atoms with E-state index in [-0.39, 0.29) is 12.2 Å². The number of rotatable bonds is 6. The molecule has 3 rings (SSSR count). The molecule has 0 bridgehead atoms. The summed E-state index contributed by atoms with van der Waals surface area (Å²) in [6.07, 6.45) is 3.37. The van der Waals surface area contributed by atoms with Gasteiger partial charge in [0.25, 0.3) is 0 Å². The van der Waals surface area contributed by atoms with E-state index in [0.29, 0.717) is 19.8 Å². The predicted molar refractivity (Wildman–Crippen MR) is 84.8 cm³/mol. The quantitative estimate of drug-likeness (QED) is 0.812. The van der Waals surface area contributed by atoms with E-state index >= 15 is 0 Å². The van der Waals surface area contributed by atoms with Gasteiger partial charge in [-0.2, -0.15) is 0 Å². The van der Waals surface area contributed by atoms with E-state index in [2.05, 4.69) is 17.2 Å². The van der Waals surface area contributed by atoms with Crippen molar-refractivity contribution in [1.82, 2.24) is 9.88 Å². The molecule has 0 spiro atoms. The van der Waals surface area contributed by atoms with Crippen molar-refractivity contribution in [3.05, 3.63) is 18.3 Å². The molecule has 0 aliphatic carbocycles. The average molecular weight is 323 g/mol. The van der Waals surface area contributed by atoms with Gasteiger partial charge in [0.1, 0.15) is 11.1 Å². The number of cyclic esters (lactones) is 1. The van der Waals surface area contributed by atoms with Crippen LogP contribution in [0.4, 0.5) is 10.5 Å². The standard InChI is InChI=1S/C15H21N3O3S/c1-3-4-8-20-10-11-9-18(14(19)21-11)15(2)17-12-6-5-7-16-13(12)22-15/h5-7,11,17H,3-4,8-10H2,1-2H3/t11-,15?/m1/s1. The van der Waals surface area contributed by atoms with E-state index in [1.54, 1.807) is 11.1 Å². The molecule has 120 valence electrons. The minimum Gasteiger partial charge on any atom is -0.442 e. The molecule has 0 radical (unpaired) electrons. The number of anilines is 1. The lowest BCUT2D eigenvalue weighted by Crippen LogP contribution is -2.48. The lowest BCUT2D eigenvalue weighted by molar-refractivity contribution is 0.0448. The number of carbonyl (C=O) groups is 1. The topological polar surface area (TPSA) is 63.7 Å². The zero-order valence-electron chi connectivity index (χ0n) is 12.9. The predicted octanol–water partition coefficient (Wildman–Crippen LogP) is 2.91. The van der Waals surface area contributed by atoms with Crippen molar-refractivity contribution in [1.29, 1.82) is 0 Å². The highest BCUT2D eigenvalue weighted by molar-refractivity contribution is 8.01. The lowest BCUT2D eigenvalue weighted by Gasteiger charge is -2.32. The fourth-order valence-corrected chi connectivity index (χ4v) is 3.71. The molecule has 6 nitrogen and oxygen atoms in total. The maximum absolute atomic E-state index is 12.2. The van der Waals surface area contributed by atoms with E-state index < -0.39 is 4.99 Å². The number of amides is 1. The van der Waals surface area contributed by atoms with Crippen LogP contribution in [0.3, 0.4) is 0 Å². The second-order valence-corrected chi connectivity index (χ2v) is 7.00. The van der Waals surface area contributed by atoms with Gasteiger partial charge in [-0.3, -0.25) is 4.90 Å². The van der Waals surface area contributed by atoms with Crippen molar-refractivity contribution in [3.8, 4) is 0 Å². The monoisotopic (exact) mass is 323 g/mol. The number of fused-ring (bicyclic) bond motifs is 1. The van der Waals surface area contributed by atoms with Gasteiger partial charge < -0.3 is 14.8 Å². The van der Waals surface area contributed by atoms with Crippen LogP contribution < -0.4 is 5.32 Å². The number of unbranched alkanes of at least 4 members (excludes halogenated alkanes) is 1. The third-order valence-corrected chi connectivity index (χ3v) is 5.01. The number of nitrogens with one attached hydrogen (secondary N) is 1. The Labute approximate surface area is 134 Å². The third-order valence-electron chi connectivity index (χ3n) is 3.77. The van der Waals surface area contributed by atoms with Crippen LogP contribution >= 0.6 is 11.8 Å². The van der Waals surface area contributed by atoms with E-state index in [1.807, 2.05) is 19.1 Å². The molecule has 3 heterocycles. The van der Waals surface area contributed by atoms with Gasteiger partial charge in [-0.05, 0) is 25.5 Å². The molecular formula is C15H21N3O3S. The first-order valence-electron chi connectivity index (χ1n) is 7.60. The average Bonchev–Trinajstić information content (AvgIpc) is 3.04. The molecule has 7 heteroatoms. The summed E-state index contributed by atoms with van der Waals surface area (Å²) >= 11 is 1.54. The third kappa shape index (κ3) is 3.01. The zero-order valence-corrected chi connectivity index (χ0v) is 13.7. The second-order valence-electron chi connectivity index (χ2n) is 5.61. The van der Waals surface area contributed by atoms with Crippen molar-refractivity contribution in [3.63, 3.8) is 0 Å². The normalized spacial score (nSPS) is 26.7. The summed E-state index contributed by atoms with van der Waals surface area (Å²) in [5.74, 6) is 0.